The van der Waals surface area contributed by atoms with Crippen LogP contribution < -0.4 is 0 Å². The molecule has 0 saturated heterocycles. The van der Waals surface area contributed by atoms with E-state index in [1.54, 1.807) is 28.6 Å². The summed E-state index contributed by atoms with van der Waals surface area (Å²) >= 11 is 4.70. The van der Waals surface area contributed by atoms with Crippen LogP contribution in [-0.4, -0.2) is 21.0 Å². The van der Waals surface area contributed by atoms with Crippen LogP contribution in [-0.2, 0) is 17.0 Å². The van der Waals surface area contributed by atoms with Gasteiger partial charge in [-0.25, -0.2) is 4.98 Å². The zero-order valence-electron chi connectivity index (χ0n) is 9.04. The van der Waals surface area contributed by atoms with Crippen LogP contribution in [0.25, 0.3) is 0 Å². The predicted molar refractivity (Wildman–Crippen MR) is 69.9 cm³/mol. The summed E-state index contributed by atoms with van der Waals surface area (Å²) in [4.78, 5) is 21.0. The standard InChI is InChI=1S/C10H10N2O2S3/c1-6-8(2-9(13)14)17-10(12-6)15-4-7-3-11-5-16-7/h3,5H,2,4H2,1H3,(H,13,14). The van der Waals surface area contributed by atoms with Gasteiger partial charge in [-0.15, -0.1) is 22.7 Å². The van der Waals surface area contributed by atoms with Crippen LogP contribution in [0.5, 0.6) is 0 Å². The third kappa shape index (κ3) is 3.52. The van der Waals surface area contributed by atoms with E-state index in [9.17, 15) is 4.79 Å². The van der Waals surface area contributed by atoms with Gasteiger partial charge in [-0.3, -0.25) is 9.78 Å². The smallest absolute Gasteiger partial charge is 0.308 e. The van der Waals surface area contributed by atoms with E-state index in [2.05, 4.69) is 9.97 Å². The molecule has 2 aromatic rings. The molecule has 0 aliphatic carbocycles. The van der Waals surface area contributed by atoms with Crippen LogP contribution in [0, 0.1) is 6.92 Å². The van der Waals surface area contributed by atoms with Crippen LogP contribution in [0.4, 0.5) is 0 Å². The summed E-state index contributed by atoms with van der Waals surface area (Å²) in [6.45, 7) is 1.85. The Morgan fingerprint density at radius 1 is 1.59 bits per heavy atom. The molecule has 0 unspecified atom stereocenters. The molecule has 2 rings (SSSR count). The first-order valence-electron chi connectivity index (χ1n) is 4.83. The molecule has 90 valence electrons. The van der Waals surface area contributed by atoms with Gasteiger partial charge < -0.3 is 5.11 Å². The van der Waals surface area contributed by atoms with E-state index in [1.807, 2.05) is 13.1 Å². The van der Waals surface area contributed by atoms with Gasteiger partial charge >= 0.3 is 5.97 Å². The van der Waals surface area contributed by atoms with Crippen molar-refractivity contribution in [2.24, 2.45) is 0 Å². The number of carboxylic acids is 1. The molecule has 0 aliphatic rings. The number of nitrogens with zero attached hydrogens (tertiary/aromatic N) is 2. The highest BCUT2D eigenvalue weighted by Gasteiger charge is 2.11. The lowest BCUT2D eigenvalue weighted by Gasteiger charge is -1.92. The lowest BCUT2D eigenvalue weighted by molar-refractivity contribution is -0.136. The van der Waals surface area contributed by atoms with Crippen molar-refractivity contribution < 1.29 is 9.90 Å². The molecule has 0 spiro atoms. The van der Waals surface area contributed by atoms with E-state index in [0.29, 0.717) is 0 Å². The molecule has 0 fully saturated rings. The van der Waals surface area contributed by atoms with Gasteiger partial charge in [0, 0.05) is 21.7 Å². The van der Waals surface area contributed by atoms with Crippen molar-refractivity contribution >= 4 is 40.4 Å². The summed E-state index contributed by atoms with van der Waals surface area (Å²) in [6, 6.07) is 0. The van der Waals surface area contributed by atoms with Crippen molar-refractivity contribution in [3.8, 4) is 0 Å². The Bertz CT molecular complexity index is 508. The van der Waals surface area contributed by atoms with E-state index in [4.69, 9.17) is 5.11 Å². The summed E-state index contributed by atoms with van der Waals surface area (Å²) in [6.07, 6.45) is 1.90. The first-order valence-corrected chi connectivity index (χ1v) is 7.51. The molecule has 0 aromatic carbocycles. The molecule has 0 aliphatic heterocycles. The fraction of sp³-hybridized carbons (Fsp3) is 0.300. The number of rotatable bonds is 5. The van der Waals surface area contributed by atoms with Gasteiger partial charge in [0.1, 0.15) is 0 Å². The second-order valence-corrected chi connectivity index (χ2v) is 6.59. The normalized spacial score (nSPS) is 10.6. The van der Waals surface area contributed by atoms with Crippen LogP contribution in [0.2, 0.25) is 0 Å². The summed E-state index contributed by atoms with van der Waals surface area (Å²) in [5.74, 6) is 0.0279. The molecular formula is C10H10N2O2S3. The number of aliphatic carboxylic acids is 1. The lowest BCUT2D eigenvalue weighted by atomic mass is 10.3. The highest BCUT2D eigenvalue weighted by atomic mass is 32.2. The van der Waals surface area contributed by atoms with E-state index in [1.165, 1.54) is 16.2 Å². The van der Waals surface area contributed by atoms with Gasteiger partial charge in [-0.2, -0.15) is 0 Å². The molecule has 17 heavy (non-hydrogen) atoms. The van der Waals surface area contributed by atoms with Gasteiger partial charge in [-0.05, 0) is 6.92 Å². The van der Waals surface area contributed by atoms with Gasteiger partial charge in [0.05, 0.1) is 17.6 Å². The average molecular weight is 286 g/mol. The highest BCUT2D eigenvalue weighted by molar-refractivity contribution is 8.00. The average Bonchev–Trinajstić information content (AvgIpc) is 2.86. The first-order chi connectivity index (χ1) is 8.15. The first kappa shape index (κ1) is 12.5. The molecule has 0 radical (unpaired) electrons. The zero-order chi connectivity index (χ0) is 12.3. The monoisotopic (exact) mass is 286 g/mol. The Morgan fingerprint density at radius 3 is 3.06 bits per heavy atom. The number of hydrogen-bond acceptors (Lipinski definition) is 6. The molecule has 0 amide bonds. The third-order valence-corrected chi connectivity index (χ3v) is 5.32. The predicted octanol–water partition coefficient (Wildman–Crippen LogP) is 2.83. The van der Waals surface area contributed by atoms with Crippen molar-refractivity contribution in [1.29, 1.82) is 0 Å². The van der Waals surface area contributed by atoms with Crippen molar-refractivity contribution in [3.05, 3.63) is 27.2 Å². The fourth-order valence-electron chi connectivity index (χ4n) is 1.21. The Kier molecular flexibility index (Phi) is 4.14. The Morgan fingerprint density at radius 2 is 2.41 bits per heavy atom. The maximum Gasteiger partial charge on any atom is 0.308 e. The highest BCUT2D eigenvalue weighted by Crippen LogP contribution is 2.30. The molecular weight excluding hydrogens is 276 g/mol. The van der Waals surface area contributed by atoms with Gasteiger partial charge in [0.15, 0.2) is 4.34 Å². The Balaban J connectivity index is 1.99. The van der Waals surface area contributed by atoms with Crippen LogP contribution >= 0.6 is 34.4 Å². The molecule has 2 aromatic heterocycles. The van der Waals surface area contributed by atoms with E-state index >= 15 is 0 Å². The molecule has 4 nitrogen and oxygen atoms in total. The molecule has 0 bridgehead atoms. The maximum atomic E-state index is 10.6. The lowest BCUT2D eigenvalue weighted by Crippen LogP contribution is -1.99. The van der Waals surface area contributed by atoms with Crippen LogP contribution in [0.3, 0.4) is 0 Å². The topological polar surface area (TPSA) is 63.1 Å². The third-order valence-electron chi connectivity index (χ3n) is 2.01. The van der Waals surface area contributed by atoms with Gasteiger partial charge in [-0.1, -0.05) is 11.8 Å². The Labute approximate surface area is 111 Å². The molecule has 0 atom stereocenters. The Hall–Kier alpha value is -0.920. The zero-order valence-corrected chi connectivity index (χ0v) is 11.5. The van der Waals surface area contributed by atoms with Crippen molar-refractivity contribution in [2.75, 3.05) is 0 Å². The van der Waals surface area contributed by atoms with E-state index in [0.717, 1.165) is 20.7 Å². The maximum absolute atomic E-state index is 10.6. The number of carboxylic acid groups (broad SMARTS) is 1. The number of aromatic nitrogens is 2. The summed E-state index contributed by atoms with van der Waals surface area (Å²) in [7, 11) is 0. The molecule has 7 heteroatoms. The molecule has 1 N–H and O–H groups in total. The van der Waals surface area contributed by atoms with Gasteiger partial charge in [0.25, 0.3) is 0 Å². The number of hydrogen-bond donors (Lipinski definition) is 1. The minimum Gasteiger partial charge on any atom is -0.481 e. The van der Waals surface area contributed by atoms with Crippen molar-refractivity contribution in [3.63, 3.8) is 0 Å². The fourth-order valence-corrected chi connectivity index (χ4v) is 4.08. The van der Waals surface area contributed by atoms with Gasteiger partial charge in [0.2, 0.25) is 0 Å². The summed E-state index contributed by atoms with van der Waals surface area (Å²) < 4.78 is 0.923. The van der Waals surface area contributed by atoms with Crippen LogP contribution in [0.15, 0.2) is 16.0 Å². The quantitative estimate of drug-likeness (QED) is 0.856. The minimum absolute atomic E-state index is 0.0601. The van der Waals surface area contributed by atoms with E-state index < -0.39 is 5.97 Å². The second kappa shape index (κ2) is 5.61. The summed E-state index contributed by atoms with van der Waals surface area (Å²) in [5, 5.41) is 8.75. The number of thiazole rings is 2. The molecule has 0 saturated carbocycles. The van der Waals surface area contributed by atoms with Crippen molar-refractivity contribution in [1.82, 2.24) is 9.97 Å². The molecule has 2 heterocycles. The van der Waals surface area contributed by atoms with E-state index in [-0.39, 0.29) is 6.42 Å². The SMILES string of the molecule is Cc1nc(SCc2cncs2)sc1CC(=O)O. The van der Waals surface area contributed by atoms with Crippen molar-refractivity contribution in [2.45, 2.75) is 23.4 Å². The number of aryl methyl sites for hydroxylation is 1. The number of carbonyl (C=O) groups is 1. The second-order valence-electron chi connectivity index (χ2n) is 3.32. The minimum atomic E-state index is -0.809. The number of thioether (sulfide) groups is 1. The largest absolute Gasteiger partial charge is 0.481 e. The van der Waals surface area contributed by atoms with Crippen LogP contribution in [0.1, 0.15) is 15.4 Å². The summed E-state index contributed by atoms with van der Waals surface area (Å²) in [5.41, 5.74) is 2.63.